The molecule has 178 valence electrons. The van der Waals surface area contributed by atoms with Crippen LogP contribution in [-0.2, 0) is 17.9 Å². The van der Waals surface area contributed by atoms with Crippen LogP contribution in [-0.4, -0.2) is 31.4 Å². The van der Waals surface area contributed by atoms with Crippen LogP contribution in [0.25, 0.3) is 0 Å². The summed E-state index contributed by atoms with van der Waals surface area (Å²) in [6.45, 7) is 7.31. The van der Waals surface area contributed by atoms with E-state index < -0.39 is 5.60 Å². The number of nitrogens with zero attached hydrogens (tertiary/aromatic N) is 2. The van der Waals surface area contributed by atoms with Crippen molar-refractivity contribution >= 4 is 5.78 Å². The van der Waals surface area contributed by atoms with E-state index in [2.05, 4.69) is 18.9 Å². The Morgan fingerprint density at radius 3 is 2.59 bits per heavy atom. The predicted octanol–water partition coefficient (Wildman–Crippen LogP) is 4.74. The molecule has 2 N–H and O–H groups in total. The maximum absolute atomic E-state index is 13.4. The molecular weight excluding hydrogens is 400 g/mol. The van der Waals surface area contributed by atoms with Crippen molar-refractivity contribution in [3.63, 3.8) is 0 Å². The summed E-state index contributed by atoms with van der Waals surface area (Å²) in [5, 5.41) is 24.4. The van der Waals surface area contributed by atoms with Gasteiger partial charge in [0.25, 0.3) is 0 Å². The van der Waals surface area contributed by atoms with Gasteiger partial charge in [0.2, 0.25) is 0 Å². The molecule has 0 unspecified atom stereocenters. The van der Waals surface area contributed by atoms with Crippen molar-refractivity contribution < 1.29 is 15.0 Å². The number of hydrogen-bond acceptors (Lipinski definition) is 4. The Labute approximate surface area is 193 Å². The van der Waals surface area contributed by atoms with Gasteiger partial charge in [0.1, 0.15) is 0 Å². The van der Waals surface area contributed by atoms with E-state index >= 15 is 0 Å². The summed E-state index contributed by atoms with van der Waals surface area (Å²) < 4.78 is 1.71. The lowest BCUT2D eigenvalue weighted by molar-refractivity contribution is -0.133. The third-order valence-electron chi connectivity index (χ3n) is 10.8. The summed E-state index contributed by atoms with van der Waals surface area (Å²) in [7, 11) is 0. The Bertz CT molecular complexity index is 863. The van der Waals surface area contributed by atoms with Crippen LogP contribution >= 0.6 is 0 Å². The summed E-state index contributed by atoms with van der Waals surface area (Å²) in [6.07, 6.45) is 15.0. The van der Waals surface area contributed by atoms with E-state index in [1.54, 1.807) is 17.1 Å². The summed E-state index contributed by atoms with van der Waals surface area (Å²) >= 11 is 0. The van der Waals surface area contributed by atoms with Crippen LogP contribution in [0, 0.1) is 40.4 Å². The largest absolute Gasteiger partial charge is 0.392 e. The first-order chi connectivity index (χ1) is 15.2. The monoisotopic (exact) mass is 442 g/mol. The molecular formula is C27H42N2O3. The maximum atomic E-state index is 13.4. The number of ketones is 1. The maximum Gasteiger partial charge on any atom is 0.157 e. The first kappa shape index (κ1) is 22.6. The standard InChI is InChI=1S/C27H42N2O3/c1-25(32)11-12-26(2)19(13-25)5-4-6-20-21-7-8-23(27(21,3)10-9-22(20)26)24(31)16-29-15-18(17-30)14-28-29/h14-15,19-23,30,32H,4-13,16-17H2,1-3H3/t19-,20+,21-,22-,23+,25+,26-,27-/m0/s1. The molecule has 5 heteroatoms. The van der Waals surface area contributed by atoms with E-state index in [1.807, 2.05) is 6.92 Å². The molecule has 0 amide bonds. The van der Waals surface area contributed by atoms with Crippen LogP contribution in [0.2, 0.25) is 0 Å². The van der Waals surface area contributed by atoms with Crippen molar-refractivity contribution in [1.82, 2.24) is 9.78 Å². The van der Waals surface area contributed by atoms with E-state index in [4.69, 9.17) is 0 Å². The number of aliphatic hydroxyl groups is 2. The summed E-state index contributed by atoms with van der Waals surface area (Å²) in [6, 6.07) is 0. The molecule has 4 aliphatic rings. The van der Waals surface area contributed by atoms with Crippen LogP contribution in [0.15, 0.2) is 12.4 Å². The van der Waals surface area contributed by atoms with Gasteiger partial charge in [-0.05, 0) is 99.2 Å². The average molecular weight is 443 g/mol. The quantitative estimate of drug-likeness (QED) is 0.706. The minimum absolute atomic E-state index is 0.0321. The van der Waals surface area contributed by atoms with Gasteiger partial charge in [-0.25, -0.2) is 0 Å². The highest BCUT2D eigenvalue weighted by atomic mass is 16.3. The van der Waals surface area contributed by atoms with Crippen molar-refractivity contribution in [2.24, 2.45) is 40.4 Å². The van der Waals surface area contributed by atoms with Crippen molar-refractivity contribution in [3.05, 3.63) is 18.0 Å². The molecule has 5 nitrogen and oxygen atoms in total. The van der Waals surface area contributed by atoms with Crippen LogP contribution < -0.4 is 0 Å². The smallest absolute Gasteiger partial charge is 0.157 e. The highest BCUT2D eigenvalue weighted by Crippen LogP contribution is 2.67. The second-order valence-electron chi connectivity index (χ2n) is 12.6. The molecule has 0 aliphatic heterocycles. The minimum atomic E-state index is -0.486. The molecule has 4 fully saturated rings. The lowest BCUT2D eigenvalue weighted by atomic mass is 9.48. The number of rotatable bonds is 4. The van der Waals surface area contributed by atoms with Gasteiger partial charge in [-0.2, -0.15) is 5.10 Å². The number of carbonyl (C=O) groups is 1. The number of aromatic nitrogens is 2. The SMILES string of the molecule is C[C@@]1(O)CC[C@@]2(C)[C@@H](CCC[C@H]3[C@@H]2CC[C@]2(C)[C@@H](C(=O)Cn4cc(CO)cn4)CC[C@@H]32)C1. The van der Waals surface area contributed by atoms with E-state index in [9.17, 15) is 15.0 Å². The molecule has 4 aliphatic carbocycles. The molecule has 0 aromatic carbocycles. The van der Waals surface area contributed by atoms with Gasteiger partial charge < -0.3 is 10.2 Å². The molecule has 1 aromatic heterocycles. The third kappa shape index (κ3) is 3.58. The van der Waals surface area contributed by atoms with Crippen LogP contribution in [0.5, 0.6) is 0 Å². The molecule has 0 bridgehead atoms. The zero-order chi connectivity index (χ0) is 22.7. The van der Waals surface area contributed by atoms with E-state index in [-0.39, 0.29) is 17.9 Å². The molecule has 0 spiro atoms. The lowest BCUT2D eigenvalue weighted by Gasteiger charge is -2.57. The molecule has 1 aromatic rings. The number of aliphatic hydroxyl groups excluding tert-OH is 1. The Hall–Kier alpha value is -1.20. The van der Waals surface area contributed by atoms with Gasteiger partial charge in [-0.3, -0.25) is 9.48 Å². The lowest BCUT2D eigenvalue weighted by Crippen LogP contribution is -2.51. The minimum Gasteiger partial charge on any atom is -0.392 e. The van der Waals surface area contributed by atoms with Crippen molar-refractivity contribution in [1.29, 1.82) is 0 Å². The van der Waals surface area contributed by atoms with Crippen molar-refractivity contribution in [2.45, 2.75) is 104 Å². The first-order valence-electron chi connectivity index (χ1n) is 13.0. The predicted molar refractivity (Wildman–Crippen MR) is 124 cm³/mol. The molecule has 0 saturated heterocycles. The Balaban J connectivity index is 1.35. The highest BCUT2D eigenvalue weighted by molar-refractivity contribution is 5.82. The molecule has 8 atom stereocenters. The number of hydrogen-bond donors (Lipinski definition) is 2. The number of carbonyl (C=O) groups excluding carboxylic acids is 1. The fourth-order valence-corrected chi connectivity index (χ4v) is 9.01. The van der Waals surface area contributed by atoms with Gasteiger partial charge in [0, 0.05) is 17.7 Å². The van der Waals surface area contributed by atoms with Crippen LogP contribution in [0.4, 0.5) is 0 Å². The summed E-state index contributed by atoms with van der Waals surface area (Å²) in [4.78, 5) is 13.4. The molecule has 0 radical (unpaired) electrons. The fourth-order valence-electron chi connectivity index (χ4n) is 9.01. The molecule has 4 saturated carbocycles. The number of Topliss-reactive ketones (excluding diaryl/α,β-unsaturated/α-hetero) is 1. The van der Waals surface area contributed by atoms with E-state index in [0.29, 0.717) is 29.6 Å². The average Bonchev–Trinajstić information content (AvgIpc) is 3.30. The van der Waals surface area contributed by atoms with Gasteiger partial charge in [0.15, 0.2) is 5.78 Å². The van der Waals surface area contributed by atoms with E-state index in [1.165, 1.54) is 32.1 Å². The second kappa shape index (κ2) is 7.94. The highest BCUT2D eigenvalue weighted by Gasteiger charge is 2.60. The molecule has 5 rings (SSSR count). The first-order valence-corrected chi connectivity index (χ1v) is 13.0. The number of fused-ring (bicyclic) bond motifs is 5. The van der Waals surface area contributed by atoms with Crippen LogP contribution in [0.3, 0.4) is 0 Å². The third-order valence-corrected chi connectivity index (χ3v) is 10.8. The topological polar surface area (TPSA) is 75.3 Å². The van der Waals surface area contributed by atoms with Crippen molar-refractivity contribution in [3.8, 4) is 0 Å². The summed E-state index contributed by atoms with van der Waals surface area (Å²) in [5.41, 5.74) is 0.742. The fraction of sp³-hybridized carbons (Fsp3) is 0.852. The van der Waals surface area contributed by atoms with E-state index in [0.717, 1.165) is 49.5 Å². The molecule has 32 heavy (non-hydrogen) atoms. The Kier molecular flexibility index (Phi) is 5.60. The molecule has 1 heterocycles. The van der Waals surface area contributed by atoms with Crippen LogP contribution in [0.1, 0.15) is 90.5 Å². The zero-order valence-electron chi connectivity index (χ0n) is 20.2. The Morgan fingerprint density at radius 2 is 1.84 bits per heavy atom. The zero-order valence-corrected chi connectivity index (χ0v) is 20.2. The normalized spacial score (nSPS) is 46.1. The van der Waals surface area contributed by atoms with Gasteiger partial charge >= 0.3 is 0 Å². The van der Waals surface area contributed by atoms with Gasteiger partial charge in [-0.15, -0.1) is 0 Å². The second-order valence-corrected chi connectivity index (χ2v) is 12.6. The Morgan fingerprint density at radius 1 is 1.06 bits per heavy atom. The van der Waals surface area contributed by atoms with Crippen molar-refractivity contribution in [2.75, 3.05) is 0 Å². The van der Waals surface area contributed by atoms with Gasteiger partial charge in [-0.1, -0.05) is 20.3 Å². The summed E-state index contributed by atoms with van der Waals surface area (Å²) in [5.74, 6) is 3.23. The van der Waals surface area contributed by atoms with Gasteiger partial charge in [0.05, 0.1) is 24.9 Å².